The zero-order chi connectivity index (χ0) is 21.0. The highest BCUT2D eigenvalue weighted by Gasteiger charge is 2.23. The average Bonchev–Trinajstić information content (AvgIpc) is 2.81. The molecule has 30 heavy (non-hydrogen) atoms. The maximum Gasteiger partial charge on any atom is 0.0991 e. The van der Waals surface area contributed by atoms with Gasteiger partial charge in [-0.3, -0.25) is 0 Å². The van der Waals surface area contributed by atoms with Gasteiger partial charge in [0.1, 0.15) is 0 Å². The summed E-state index contributed by atoms with van der Waals surface area (Å²) in [6, 6.07) is 12.5. The summed E-state index contributed by atoms with van der Waals surface area (Å²) >= 11 is 0. The molecular weight excluding hydrogens is 364 g/mol. The Morgan fingerprint density at radius 2 is 1.37 bits per heavy atom. The highest BCUT2D eigenvalue weighted by molar-refractivity contribution is 5.33. The Hall–Kier alpha value is -2.32. The number of allylic oxidation sites excluding steroid dienone is 4. The van der Waals surface area contributed by atoms with Crippen LogP contribution in [0.1, 0.15) is 94.1 Å². The van der Waals surface area contributed by atoms with E-state index in [0.717, 1.165) is 23.3 Å². The SMILES string of the molecule is N#C/C=C/C=C/[C@H]1CC[C@H](CCCC[C@H]2CC[C@H](c3ccc(C#N)cc3)CC2)CC1. The number of hydrogen-bond acceptors (Lipinski definition) is 2. The van der Waals surface area contributed by atoms with Gasteiger partial charge in [-0.05, 0) is 92.7 Å². The van der Waals surface area contributed by atoms with Crippen molar-refractivity contribution in [1.82, 2.24) is 0 Å². The van der Waals surface area contributed by atoms with Crippen molar-refractivity contribution in [3.63, 3.8) is 0 Å². The minimum absolute atomic E-state index is 0.702. The Bertz CT molecular complexity index is 758. The Balaban J connectivity index is 1.26. The third-order valence-corrected chi connectivity index (χ3v) is 7.39. The van der Waals surface area contributed by atoms with Gasteiger partial charge in [-0.25, -0.2) is 0 Å². The third kappa shape index (κ3) is 7.18. The van der Waals surface area contributed by atoms with Crippen LogP contribution in [0.3, 0.4) is 0 Å². The first kappa shape index (κ1) is 22.4. The first-order chi connectivity index (χ1) is 14.8. The van der Waals surface area contributed by atoms with Crippen LogP contribution in [-0.2, 0) is 0 Å². The number of rotatable bonds is 8. The molecule has 2 heteroatoms. The summed E-state index contributed by atoms with van der Waals surface area (Å²) in [6.45, 7) is 0. The van der Waals surface area contributed by atoms with Crippen LogP contribution in [0.2, 0.25) is 0 Å². The number of nitriles is 2. The molecule has 0 spiro atoms. The molecule has 0 unspecified atom stereocenters. The maximum absolute atomic E-state index is 8.95. The molecule has 2 fully saturated rings. The van der Waals surface area contributed by atoms with Crippen molar-refractivity contribution in [2.75, 3.05) is 0 Å². The Labute approximate surface area is 183 Å². The summed E-state index contributed by atoms with van der Waals surface area (Å²) in [4.78, 5) is 0. The van der Waals surface area contributed by atoms with Gasteiger partial charge in [0.25, 0.3) is 0 Å². The molecule has 0 bridgehead atoms. The minimum atomic E-state index is 0.702. The fourth-order valence-corrected chi connectivity index (χ4v) is 5.47. The summed E-state index contributed by atoms with van der Waals surface area (Å²) in [5, 5.41) is 17.5. The van der Waals surface area contributed by atoms with Crippen molar-refractivity contribution in [3.8, 4) is 12.1 Å². The van der Waals surface area contributed by atoms with Gasteiger partial charge in [0.05, 0.1) is 17.7 Å². The number of hydrogen-bond donors (Lipinski definition) is 0. The molecule has 0 N–H and O–H groups in total. The van der Waals surface area contributed by atoms with Crippen LogP contribution < -0.4 is 0 Å². The standard InChI is InChI=1S/C28H36N2/c29-21-5-1-2-6-23-9-11-24(12-10-23)7-3-4-8-25-13-17-27(18-14-25)28-19-15-26(22-30)16-20-28/h1-2,5-6,15-16,19-20,23-25,27H,3-4,7-14,17-18H2/b5-1+,6-2+/t23-,24-,25-,27-. The largest absolute Gasteiger partial charge is 0.193 e. The van der Waals surface area contributed by atoms with Crippen molar-refractivity contribution in [3.05, 3.63) is 59.7 Å². The van der Waals surface area contributed by atoms with Gasteiger partial charge >= 0.3 is 0 Å². The van der Waals surface area contributed by atoms with E-state index in [0.29, 0.717) is 5.92 Å². The lowest BCUT2D eigenvalue weighted by molar-refractivity contribution is 0.273. The van der Waals surface area contributed by atoms with Gasteiger partial charge in [-0.1, -0.05) is 56.0 Å². The smallest absolute Gasteiger partial charge is 0.0991 e. The van der Waals surface area contributed by atoms with Crippen molar-refractivity contribution in [2.45, 2.75) is 83.0 Å². The molecule has 2 aliphatic carbocycles. The molecule has 2 aliphatic rings. The van der Waals surface area contributed by atoms with E-state index in [2.05, 4.69) is 24.3 Å². The molecule has 0 amide bonds. The zero-order valence-electron chi connectivity index (χ0n) is 18.3. The van der Waals surface area contributed by atoms with Crippen molar-refractivity contribution in [1.29, 1.82) is 10.5 Å². The second kappa shape index (κ2) is 12.4. The topological polar surface area (TPSA) is 47.6 Å². The van der Waals surface area contributed by atoms with E-state index >= 15 is 0 Å². The van der Waals surface area contributed by atoms with E-state index in [1.807, 2.05) is 30.4 Å². The fraction of sp³-hybridized carbons (Fsp3) is 0.571. The molecule has 1 aromatic carbocycles. The van der Waals surface area contributed by atoms with E-state index in [1.54, 1.807) is 6.08 Å². The number of unbranched alkanes of at least 4 members (excludes halogenated alkanes) is 1. The van der Waals surface area contributed by atoms with Crippen LogP contribution in [0, 0.1) is 40.4 Å². The van der Waals surface area contributed by atoms with E-state index in [-0.39, 0.29) is 0 Å². The van der Waals surface area contributed by atoms with Gasteiger partial charge < -0.3 is 0 Å². The second-order valence-electron chi connectivity index (χ2n) is 9.39. The molecule has 0 aliphatic heterocycles. The molecular formula is C28H36N2. The van der Waals surface area contributed by atoms with Crippen LogP contribution in [0.5, 0.6) is 0 Å². The first-order valence-electron chi connectivity index (χ1n) is 12.0. The summed E-state index contributed by atoms with van der Waals surface area (Å²) < 4.78 is 0. The monoisotopic (exact) mass is 400 g/mol. The molecule has 0 heterocycles. The van der Waals surface area contributed by atoms with Gasteiger partial charge in [0.2, 0.25) is 0 Å². The first-order valence-corrected chi connectivity index (χ1v) is 12.0. The lowest BCUT2D eigenvalue weighted by Gasteiger charge is -2.29. The van der Waals surface area contributed by atoms with E-state index < -0.39 is 0 Å². The highest BCUT2D eigenvalue weighted by Crippen LogP contribution is 2.38. The van der Waals surface area contributed by atoms with Gasteiger partial charge in [-0.2, -0.15) is 10.5 Å². The van der Waals surface area contributed by atoms with Crippen molar-refractivity contribution < 1.29 is 0 Å². The normalized spacial score (nSPS) is 27.1. The summed E-state index contributed by atoms with van der Waals surface area (Å²) in [6.07, 6.45) is 24.2. The molecule has 0 aromatic heterocycles. The number of nitrogens with zero attached hydrogens (tertiary/aromatic N) is 2. The quantitative estimate of drug-likeness (QED) is 0.253. The molecule has 158 valence electrons. The van der Waals surface area contributed by atoms with Gasteiger partial charge in [0, 0.05) is 6.08 Å². The van der Waals surface area contributed by atoms with Crippen molar-refractivity contribution >= 4 is 0 Å². The lowest BCUT2D eigenvalue weighted by Crippen LogP contribution is -2.14. The zero-order valence-corrected chi connectivity index (χ0v) is 18.3. The maximum atomic E-state index is 8.95. The molecule has 3 rings (SSSR count). The van der Waals surface area contributed by atoms with Crippen LogP contribution in [0.25, 0.3) is 0 Å². The van der Waals surface area contributed by atoms with Crippen LogP contribution in [0.4, 0.5) is 0 Å². The Kier molecular flexibility index (Phi) is 9.24. The van der Waals surface area contributed by atoms with E-state index in [4.69, 9.17) is 10.5 Å². The van der Waals surface area contributed by atoms with E-state index in [1.165, 1.54) is 82.6 Å². The predicted molar refractivity (Wildman–Crippen MR) is 124 cm³/mol. The molecule has 2 saturated carbocycles. The molecule has 0 radical (unpaired) electrons. The molecule has 2 nitrogen and oxygen atoms in total. The average molecular weight is 401 g/mol. The minimum Gasteiger partial charge on any atom is -0.193 e. The summed E-state index contributed by atoms with van der Waals surface area (Å²) in [5.41, 5.74) is 2.20. The fourth-order valence-electron chi connectivity index (χ4n) is 5.47. The van der Waals surface area contributed by atoms with E-state index in [9.17, 15) is 0 Å². The Morgan fingerprint density at radius 3 is 1.93 bits per heavy atom. The third-order valence-electron chi connectivity index (χ3n) is 7.39. The highest BCUT2D eigenvalue weighted by atomic mass is 14.3. The molecule has 0 saturated heterocycles. The summed E-state index contributed by atoms with van der Waals surface area (Å²) in [5.74, 6) is 3.29. The predicted octanol–water partition coefficient (Wildman–Crippen LogP) is 7.83. The van der Waals surface area contributed by atoms with Crippen LogP contribution >= 0.6 is 0 Å². The molecule has 1 aromatic rings. The number of benzene rings is 1. The summed E-state index contributed by atoms with van der Waals surface area (Å²) in [7, 11) is 0. The lowest BCUT2D eigenvalue weighted by atomic mass is 9.76. The second-order valence-corrected chi connectivity index (χ2v) is 9.39. The van der Waals surface area contributed by atoms with Crippen molar-refractivity contribution in [2.24, 2.45) is 17.8 Å². The molecule has 0 atom stereocenters. The van der Waals surface area contributed by atoms with Crippen LogP contribution in [0.15, 0.2) is 48.6 Å². The Morgan fingerprint density at radius 1 is 0.767 bits per heavy atom. The van der Waals surface area contributed by atoms with Gasteiger partial charge in [-0.15, -0.1) is 0 Å². The van der Waals surface area contributed by atoms with Gasteiger partial charge in [0.15, 0.2) is 0 Å². The van der Waals surface area contributed by atoms with Crippen LogP contribution in [-0.4, -0.2) is 0 Å².